The number of allylic oxidation sites excluding steroid dienone is 1. The van der Waals surface area contributed by atoms with Crippen LogP contribution in [-0.2, 0) is 11.6 Å². The summed E-state index contributed by atoms with van der Waals surface area (Å²) >= 11 is 0. The molecular formula is C18H16F3N. The lowest BCUT2D eigenvalue weighted by Crippen LogP contribution is -2.28. The van der Waals surface area contributed by atoms with Gasteiger partial charge in [-0.1, -0.05) is 55.1 Å². The summed E-state index contributed by atoms with van der Waals surface area (Å²) in [6, 6.07) is 15.1. The second kappa shape index (κ2) is 5.20. The Morgan fingerprint density at radius 1 is 0.955 bits per heavy atom. The van der Waals surface area contributed by atoms with Gasteiger partial charge in [0.05, 0.1) is 11.0 Å². The highest BCUT2D eigenvalue weighted by molar-refractivity contribution is 5.50. The summed E-state index contributed by atoms with van der Waals surface area (Å²) in [6.45, 7) is 4.76. The van der Waals surface area contributed by atoms with E-state index < -0.39 is 17.2 Å². The van der Waals surface area contributed by atoms with Crippen LogP contribution < -0.4 is 5.32 Å². The summed E-state index contributed by atoms with van der Waals surface area (Å²) in [5.74, 6) is 0. The van der Waals surface area contributed by atoms with Crippen molar-refractivity contribution >= 4 is 0 Å². The standard InChI is InChI=1S/C18H16F3N/c1-13-17(10-11-22-13,14-6-3-2-4-7-14)15-8-5-9-16(12-15)18(19,20)21/h2-9,12,22H,1,10-11H2. The Balaban J connectivity index is 2.19. The monoisotopic (exact) mass is 303 g/mol. The molecule has 1 aliphatic rings. The molecule has 114 valence electrons. The molecule has 1 unspecified atom stereocenters. The molecule has 0 aliphatic carbocycles. The summed E-state index contributed by atoms with van der Waals surface area (Å²) in [6.07, 6.45) is -3.65. The molecule has 1 N–H and O–H groups in total. The van der Waals surface area contributed by atoms with Gasteiger partial charge >= 0.3 is 6.18 Å². The van der Waals surface area contributed by atoms with E-state index in [0.29, 0.717) is 18.5 Å². The lowest BCUT2D eigenvalue weighted by atomic mass is 9.71. The predicted octanol–water partition coefficient (Wildman–Crippen LogP) is 4.50. The van der Waals surface area contributed by atoms with Crippen LogP contribution in [0.3, 0.4) is 0 Å². The van der Waals surface area contributed by atoms with Crippen LogP contribution in [0.5, 0.6) is 0 Å². The van der Waals surface area contributed by atoms with Crippen molar-refractivity contribution in [1.82, 2.24) is 5.32 Å². The summed E-state index contributed by atoms with van der Waals surface area (Å²) < 4.78 is 39.1. The van der Waals surface area contributed by atoms with Crippen LogP contribution in [-0.4, -0.2) is 6.54 Å². The van der Waals surface area contributed by atoms with Crippen LogP contribution in [0.15, 0.2) is 66.9 Å². The van der Waals surface area contributed by atoms with Crippen LogP contribution in [0.25, 0.3) is 0 Å². The van der Waals surface area contributed by atoms with E-state index in [1.165, 1.54) is 12.1 Å². The number of hydrogen-bond donors (Lipinski definition) is 1. The zero-order valence-electron chi connectivity index (χ0n) is 12.0. The molecule has 0 spiro atoms. The van der Waals surface area contributed by atoms with Gasteiger partial charge in [-0.05, 0) is 23.6 Å². The highest BCUT2D eigenvalue weighted by atomic mass is 19.4. The molecule has 1 fully saturated rings. The Hall–Kier alpha value is -2.23. The molecule has 2 aromatic carbocycles. The topological polar surface area (TPSA) is 12.0 Å². The molecule has 1 aliphatic heterocycles. The zero-order chi connectivity index (χ0) is 15.8. The molecule has 22 heavy (non-hydrogen) atoms. The van der Waals surface area contributed by atoms with Gasteiger partial charge in [-0.25, -0.2) is 0 Å². The quantitative estimate of drug-likeness (QED) is 0.861. The van der Waals surface area contributed by atoms with Crippen molar-refractivity contribution < 1.29 is 13.2 Å². The number of alkyl halides is 3. The van der Waals surface area contributed by atoms with Crippen LogP contribution >= 0.6 is 0 Å². The van der Waals surface area contributed by atoms with E-state index in [9.17, 15) is 13.2 Å². The fourth-order valence-electron chi connectivity index (χ4n) is 3.19. The molecule has 0 bridgehead atoms. The first-order valence-corrected chi connectivity index (χ1v) is 7.11. The highest BCUT2D eigenvalue weighted by Gasteiger charge is 2.42. The Bertz CT molecular complexity index is 691. The third-order valence-corrected chi connectivity index (χ3v) is 4.30. The minimum Gasteiger partial charge on any atom is -0.388 e. The van der Waals surface area contributed by atoms with E-state index in [-0.39, 0.29) is 0 Å². The summed E-state index contributed by atoms with van der Waals surface area (Å²) in [5, 5.41) is 3.19. The van der Waals surface area contributed by atoms with Crippen molar-refractivity contribution in [2.24, 2.45) is 0 Å². The van der Waals surface area contributed by atoms with Crippen LogP contribution in [0.4, 0.5) is 13.2 Å². The number of benzene rings is 2. The Morgan fingerprint density at radius 3 is 2.23 bits per heavy atom. The van der Waals surface area contributed by atoms with Gasteiger partial charge in [0, 0.05) is 12.2 Å². The average Bonchev–Trinajstić information content (AvgIpc) is 2.90. The third kappa shape index (κ3) is 2.28. The maximum atomic E-state index is 13.0. The minimum atomic E-state index is -4.35. The largest absolute Gasteiger partial charge is 0.416 e. The first kappa shape index (κ1) is 14.7. The minimum absolute atomic E-state index is 0.609. The first-order valence-electron chi connectivity index (χ1n) is 7.11. The molecule has 0 amide bonds. The predicted molar refractivity (Wildman–Crippen MR) is 80.4 cm³/mol. The van der Waals surface area contributed by atoms with Crippen LogP contribution in [0, 0.1) is 0 Å². The molecular weight excluding hydrogens is 287 g/mol. The summed E-state index contributed by atoms with van der Waals surface area (Å²) in [4.78, 5) is 0. The van der Waals surface area contributed by atoms with Crippen molar-refractivity contribution in [1.29, 1.82) is 0 Å². The van der Waals surface area contributed by atoms with Gasteiger partial charge < -0.3 is 5.32 Å². The second-order valence-corrected chi connectivity index (χ2v) is 5.51. The van der Waals surface area contributed by atoms with Gasteiger partial charge in [0.2, 0.25) is 0 Å². The van der Waals surface area contributed by atoms with Crippen molar-refractivity contribution in [2.75, 3.05) is 6.54 Å². The van der Waals surface area contributed by atoms with Gasteiger partial charge in [-0.2, -0.15) is 13.2 Å². The van der Waals surface area contributed by atoms with E-state index in [1.54, 1.807) is 6.07 Å². The first-order chi connectivity index (χ1) is 10.4. The van der Waals surface area contributed by atoms with Crippen molar-refractivity contribution in [2.45, 2.75) is 18.0 Å². The molecule has 0 radical (unpaired) electrons. The lowest BCUT2D eigenvalue weighted by molar-refractivity contribution is -0.137. The van der Waals surface area contributed by atoms with E-state index in [0.717, 1.165) is 17.3 Å². The number of rotatable bonds is 2. The summed E-state index contributed by atoms with van der Waals surface area (Å²) in [7, 11) is 0. The van der Waals surface area contributed by atoms with Gasteiger partial charge in [-0.15, -0.1) is 0 Å². The van der Waals surface area contributed by atoms with Crippen molar-refractivity contribution in [3.63, 3.8) is 0 Å². The molecule has 1 nitrogen and oxygen atoms in total. The summed E-state index contributed by atoms with van der Waals surface area (Å²) in [5.41, 5.74) is 1.11. The molecule has 0 saturated carbocycles. The normalized spacial score (nSPS) is 21.7. The van der Waals surface area contributed by atoms with E-state index in [2.05, 4.69) is 11.9 Å². The van der Waals surface area contributed by atoms with Crippen LogP contribution in [0.1, 0.15) is 23.1 Å². The highest BCUT2D eigenvalue weighted by Crippen LogP contribution is 2.44. The number of hydrogen-bond acceptors (Lipinski definition) is 1. The van der Waals surface area contributed by atoms with Crippen LogP contribution in [0.2, 0.25) is 0 Å². The second-order valence-electron chi connectivity index (χ2n) is 5.51. The molecule has 3 rings (SSSR count). The molecule has 1 atom stereocenters. The smallest absolute Gasteiger partial charge is 0.388 e. The van der Waals surface area contributed by atoms with Gasteiger partial charge in [-0.3, -0.25) is 0 Å². The van der Waals surface area contributed by atoms with Gasteiger partial charge in [0.1, 0.15) is 0 Å². The van der Waals surface area contributed by atoms with E-state index in [1.807, 2.05) is 30.3 Å². The van der Waals surface area contributed by atoms with E-state index in [4.69, 9.17) is 0 Å². The Morgan fingerprint density at radius 2 is 1.64 bits per heavy atom. The maximum absolute atomic E-state index is 13.0. The Labute approximate surface area is 127 Å². The van der Waals surface area contributed by atoms with Crippen molar-refractivity contribution in [3.8, 4) is 0 Å². The third-order valence-electron chi connectivity index (χ3n) is 4.30. The van der Waals surface area contributed by atoms with Gasteiger partial charge in [0.15, 0.2) is 0 Å². The van der Waals surface area contributed by atoms with Crippen molar-refractivity contribution in [3.05, 3.63) is 83.6 Å². The fraction of sp³-hybridized carbons (Fsp3) is 0.222. The average molecular weight is 303 g/mol. The number of halogens is 3. The number of nitrogens with one attached hydrogen (secondary N) is 1. The van der Waals surface area contributed by atoms with E-state index >= 15 is 0 Å². The maximum Gasteiger partial charge on any atom is 0.416 e. The molecule has 0 aromatic heterocycles. The fourth-order valence-corrected chi connectivity index (χ4v) is 3.19. The molecule has 4 heteroatoms. The Kier molecular flexibility index (Phi) is 3.47. The SMILES string of the molecule is C=C1NCCC1(c1ccccc1)c1cccc(C(F)(F)F)c1. The van der Waals surface area contributed by atoms with Gasteiger partial charge in [0.25, 0.3) is 0 Å². The molecule has 1 saturated heterocycles. The zero-order valence-corrected chi connectivity index (χ0v) is 12.0. The molecule has 2 aromatic rings. The molecule has 1 heterocycles. The lowest BCUT2D eigenvalue weighted by Gasteiger charge is -2.31.